The van der Waals surface area contributed by atoms with Crippen LogP contribution in [0.5, 0.6) is 5.75 Å². The predicted octanol–water partition coefficient (Wildman–Crippen LogP) is 4.71. The smallest absolute Gasteiger partial charge is 0.278 e. The van der Waals surface area contributed by atoms with Gasteiger partial charge in [0.15, 0.2) is 5.69 Å². The number of ether oxygens (including phenoxy) is 1. The van der Waals surface area contributed by atoms with Crippen LogP contribution in [0.4, 0.5) is 14.5 Å². The van der Waals surface area contributed by atoms with E-state index in [1.54, 1.807) is 6.92 Å². The second-order valence-electron chi connectivity index (χ2n) is 6.20. The Hall–Kier alpha value is -3.22. The molecule has 27 heavy (non-hydrogen) atoms. The van der Waals surface area contributed by atoms with Crippen molar-refractivity contribution in [3.8, 4) is 5.75 Å². The Kier molecular flexibility index (Phi) is 5.21. The summed E-state index contributed by atoms with van der Waals surface area (Å²) in [7, 11) is 0. The average Bonchev–Trinajstić information content (AvgIpc) is 2.99. The van der Waals surface area contributed by atoms with Gasteiger partial charge in [-0.25, -0.2) is 8.78 Å². The highest BCUT2D eigenvalue weighted by atomic mass is 19.1. The number of carbonyl (C=O) groups excluding carboxylic acids is 1. The van der Waals surface area contributed by atoms with E-state index in [0.29, 0.717) is 17.1 Å². The Morgan fingerprint density at radius 2 is 1.93 bits per heavy atom. The number of hydrogen-bond donors (Lipinski definition) is 1. The summed E-state index contributed by atoms with van der Waals surface area (Å²) in [6.07, 6.45) is 0. The van der Waals surface area contributed by atoms with Gasteiger partial charge in [-0.1, -0.05) is 17.3 Å². The lowest BCUT2D eigenvalue weighted by atomic mass is 10.1. The van der Waals surface area contributed by atoms with Crippen molar-refractivity contribution < 1.29 is 22.8 Å². The summed E-state index contributed by atoms with van der Waals surface area (Å²) in [6, 6.07) is 8.59. The highest BCUT2D eigenvalue weighted by Gasteiger charge is 2.22. The number of halogens is 2. The van der Waals surface area contributed by atoms with Gasteiger partial charge >= 0.3 is 0 Å². The molecule has 0 spiro atoms. The van der Waals surface area contributed by atoms with Crippen molar-refractivity contribution in [2.75, 3.05) is 5.32 Å². The summed E-state index contributed by atoms with van der Waals surface area (Å²) in [5.74, 6) is -1.04. The molecule has 3 aromatic rings. The van der Waals surface area contributed by atoms with Crippen molar-refractivity contribution in [3.63, 3.8) is 0 Å². The molecule has 1 N–H and O–H groups in total. The van der Waals surface area contributed by atoms with Gasteiger partial charge in [-0.2, -0.15) is 0 Å². The number of carbonyl (C=O) groups is 1. The molecule has 0 fully saturated rings. The maximum Gasteiger partial charge on any atom is 0.278 e. The van der Waals surface area contributed by atoms with Crippen LogP contribution >= 0.6 is 0 Å². The minimum Gasteiger partial charge on any atom is -0.488 e. The molecule has 5 nitrogen and oxygen atoms in total. The normalized spacial score (nSPS) is 10.7. The summed E-state index contributed by atoms with van der Waals surface area (Å²) in [5.41, 5.74) is 2.11. The summed E-state index contributed by atoms with van der Waals surface area (Å²) in [6.45, 7) is 5.56. The van der Waals surface area contributed by atoms with E-state index >= 15 is 0 Å². The number of aryl methyl sites for hydroxylation is 3. The van der Waals surface area contributed by atoms with Crippen LogP contribution in [0.1, 0.15) is 32.9 Å². The molecule has 0 bridgehead atoms. The Morgan fingerprint density at radius 1 is 1.15 bits per heavy atom. The molecule has 0 atom stereocenters. The first-order chi connectivity index (χ1) is 12.8. The molecule has 0 aliphatic rings. The lowest BCUT2D eigenvalue weighted by Gasteiger charge is -2.10. The Morgan fingerprint density at radius 3 is 2.70 bits per heavy atom. The van der Waals surface area contributed by atoms with Crippen molar-refractivity contribution in [3.05, 3.63) is 76.2 Å². The molecular formula is C20H18F2N2O3. The van der Waals surface area contributed by atoms with Crippen LogP contribution in [-0.2, 0) is 6.61 Å². The number of benzene rings is 2. The summed E-state index contributed by atoms with van der Waals surface area (Å²) < 4.78 is 37.9. The molecule has 1 heterocycles. The number of hydrogen-bond acceptors (Lipinski definition) is 4. The monoisotopic (exact) mass is 372 g/mol. The van der Waals surface area contributed by atoms with Crippen LogP contribution in [0.2, 0.25) is 0 Å². The van der Waals surface area contributed by atoms with E-state index in [4.69, 9.17) is 9.26 Å². The predicted molar refractivity (Wildman–Crippen MR) is 95.8 cm³/mol. The van der Waals surface area contributed by atoms with E-state index < -0.39 is 17.5 Å². The van der Waals surface area contributed by atoms with Crippen molar-refractivity contribution in [1.82, 2.24) is 5.16 Å². The molecule has 2 aromatic carbocycles. The third-order valence-electron chi connectivity index (χ3n) is 4.09. The zero-order valence-electron chi connectivity index (χ0n) is 15.1. The molecule has 3 rings (SSSR count). The molecule has 140 valence electrons. The van der Waals surface area contributed by atoms with Gasteiger partial charge in [0.2, 0.25) is 0 Å². The standard InChI is InChI=1S/C20H18F2N2O3/c1-11-4-5-12(2)18(8-11)26-10-15-13(3)27-24-19(15)20(25)23-17-9-14(21)6-7-16(17)22/h4-9H,10H2,1-3H3,(H,23,25). The van der Waals surface area contributed by atoms with Crippen LogP contribution in [0, 0.1) is 32.4 Å². The van der Waals surface area contributed by atoms with Crippen LogP contribution in [0.25, 0.3) is 0 Å². The van der Waals surface area contributed by atoms with Gasteiger partial charge in [0.05, 0.1) is 11.3 Å². The Bertz CT molecular complexity index is 999. The third-order valence-corrected chi connectivity index (χ3v) is 4.09. The zero-order valence-corrected chi connectivity index (χ0v) is 15.1. The second-order valence-corrected chi connectivity index (χ2v) is 6.20. The van der Waals surface area contributed by atoms with Crippen molar-refractivity contribution in [2.45, 2.75) is 27.4 Å². The Labute approximate surface area is 154 Å². The fourth-order valence-electron chi connectivity index (χ4n) is 2.53. The van der Waals surface area contributed by atoms with Gasteiger partial charge in [0, 0.05) is 6.07 Å². The number of nitrogens with zero attached hydrogens (tertiary/aromatic N) is 1. The van der Waals surface area contributed by atoms with Crippen LogP contribution in [-0.4, -0.2) is 11.1 Å². The first-order valence-corrected chi connectivity index (χ1v) is 8.26. The SMILES string of the molecule is Cc1ccc(C)c(OCc2c(C(=O)Nc3cc(F)ccc3F)noc2C)c1. The number of anilines is 1. The number of rotatable bonds is 5. The van der Waals surface area contributed by atoms with E-state index in [1.165, 1.54) is 0 Å². The fraction of sp³-hybridized carbons (Fsp3) is 0.200. The molecule has 0 aliphatic carbocycles. The quantitative estimate of drug-likeness (QED) is 0.704. The summed E-state index contributed by atoms with van der Waals surface area (Å²) in [5, 5.41) is 6.04. The fourth-order valence-corrected chi connectivity index (χ4v) is 2.53. The van der Waals surface area contributed by atoms with E-state index in [9.17, 15) is 13.6 Å². The number of aromatic nitrogens is 1. The van der Waals surface area contributed by atoms with Crippen LogP contribution in [0.3, 0.4) is 0 Å². The molecule has 0 radical (unpaired) electrons. The van der Waals surface area contributed by atoms with E-state index in [-0.39, 0.29) is 18.0 Å². The van der Waals surface area contributed by atoms with E-state index in [1.807, 2.05) is 32.0 Å². The van der Waals surface area contributed by atoms with Gasteiger partial charge in [-0.15, -0.1) is 0 Å². The largest absolute Gasteiger partial charge is 0.488 e. The number of nitrogens with one attached hydrogen (secondary N) is 1. The van der Waals surface area contributed by atoms with Gasteiger partial charge in [-0.3, -0.25) is 4.79 Å². The lowest BCUT2D eigenvalue weighted by Crippen LogP contribution is -2.16. The first kappa shape index (κ1) is 18.6. The van der Waals surface area contributed by atoms with Crippen LogP contribution < -0.4 is 10.1 Å². The second kappa shape index (κ2) is 7.57. The Balaban J connectivity index is 1.80. The number of amides is 1. The molecule has 0 saturated heterocycles. The molecule has 0 saturated carbocycles. The van der Waals surface area contributed by atoms with Crippen LogP contribution in [0.15, 0.2) is 40.9 Å². The van der Waals surface area contributed by atoms with Gasteiger partial charge < -0.3 is 14.6 Å². The van der Waals surface area contributed by atoms with Gasteiger partial charge in [0.1, 0.15) is 29.8 Å². The van der Waals surface area contributed by atoms with E-state index in [0.717, 1.165) is 29.3 Å². The third kappa shape index (κ3) is 4.13. The molecule has 7 heteroatoms. The summed E-state index contributed by atoms with van der Waals surface area (Å²) in [4.78, 5) is 12.5. The zero-order chi connectivity index (χ0) is 19.6. The highest BCUT2D eigenvalue weighted by Crippen LogP contribution is 2.23. The highest BCUT2D eigenvalue weighted by molar-refractivity contribution is 6.03. The topological polar surface area (TPSA) is 64.4 Å². The van der Waals surface area contributed by atoms with Crippen molar-refractivity contribution in [2.24, 2.45) is 0 Å². The molecule has 1 aromatic heterocycles. The van der Waals surface area contributed by atoms with Crippen molar-refractivity contribution >= 4 is 11.6 Å². The maximum absolute atomic E-state index is 13.8. The lowest BCUT2D eigenvalue weighted by molar-refractivity contribution is 0.101. The molecular weight excluding hydrogens is 354 g/mol. The minimum atomic E-state index is -0.752. The molecule has 0 unspecified atom stereocenters. The molecule has 0 aliphatic heterocycles. The minimum absolute atomic E-state index is 0.0403. The maximum atomic E-state index is 13.8. The average molecular weight is 372 g/mol. The first-order valence-electron chi connectivity index (χ1n) is 8.26. The van der Waals surface area contributed by atoms with Gasteiger partial charge in [-0.05, 0) is 50.1 Å². The van der Waals surface area contributed by atoms with E-state index in [2.05, 4.69) is 10.5 Å². The van der Waals surface area contributed by atoms with Gasteiger partial charge in [0.25, 0.3) is 5.91 Å². The molecule has 1 amide bonds. The summed E-state index contributed by atoms with van der Waals surface area (Å²) >= 11 is 0. The van der Waals surface area contributed by atoms with Crippen molar-refractivity contribution in [1.29, 1.82) is 0 Å².